The van der Waals surface area contributed by atoms with Crippen LogP contribution in [0, 0.1) is 6.92 Å². The van der Waals surface area contributed by atoms with Crippen molar-refractivity contribution in [3.8, 4) is 0 Å². The fourth-order valence-corrected chi connectivity index (χ4v) is 3.21. The van der Waals surface area contributed by atoms with Gasteiger partial charge in [0.2, 0.25) is 0 Å². The normalized spacial score (nSPS) is 11.0. The summed E-state index contributed by atoms with van der Waals surface area (Å²) in [7, 11) is 0. The summed E-state index contributed by atoms with van der Waals surface area (Å²) in [6.07, 6.45) is 1.42. The SMILES string of the molecule is Cc1ccc(CN(CCO)C(=O)c2cccc3ncnn23)s1. The number of carbonyl (C=O) groups excluding carboxylic acids is 1. The zero-order valence-electron chi connectivity index (χ0n) is 12.1. The summed E-state index contributed by atoms with van der Waals surface area (Å²) in [5.41, 5.74) is 1.07. The molecular weight excluding hydrogens is 300 g/mol. The summed E-state index contributed by atoms with van der Waals surface area (Å²) in [5.74, 6) is -0.170. The van der Waals surface area contributed by atoms with Crippen molar-refractivity contribution in [2.24, 2.45) is 0 Å². The molecule has 0 radical (unpaired) electrons. The first-order valence-electron chi connectivity index (χ1n) is 6.93. The molecule has 0 unspecified atom stereocenters. The minimum absolute atomic E-state index is 0.0799. The average Bonchev–Trinajstić information content (AvgIpc) is 3.14. The van der Waals surface area contributed by atoms with Gasteiger partial charge < -0.3 is 10.0 Å². The minimum atomic E-state index is -0.170. The van der Waals surface area contributed by atoms with E-state index >= 15 is 0 Å². The number of aliphatic hydroxyl groups is 1. The Bertz CT molecular complexity index is 796. The summed E-state index contributed by atoms with van der Waals surface area (Å²) in [5, 5.41) is 13.4. The van der Waals surface area contributed by atoms with Crippen molar-refractivity contribution >= 4 is 22.9 Å². The molecule has 3 aromatic heterocycles. The number of amides is 1. The molecule has 0 aliphatic rings. The van der Waals surface area contributed by atoms with Crippen molar-refractivity contribution in [2.75, 3.05) is 13.2 Å². The molecule has 114 valence electrons. The van der Waals surface area contributed by atoms with Crippen LogP contribution in [0.4, 0.5) is 0 Å². The van der Waals surface area contributed by atoms with Crippen molar-refractivity contribution in [1.82, 2.24) is 19.5 Å². The molecule has 0 saturated heterocycles. The maximum absolute atomic E-state index is 12.8. The van der Waals surface area contributed by atoms with E-state index in [0.717, 1.165) is 4.88 Å². The summed E-state index contributed by atoms with van der Waals surface area (Å²) < 4.78 is 1.52. The molecule has 1 amide bonds. The van der Waals surface area contributed by atoms with Crippen LogP contribution < -0.4 is 0 Å². The number of fused-ring (bicyclic) bond motifs is 1. The highest BCUT2D eigenvalue weighted by Crippen LogP contribution is 2.18. The van der Waals surface area contributed by atoms with Crippen molar-refractivity contribution in [3.05, 3.63) is 52.1 Å². The fraction of sp³-hybridized carbons (Fsp3) is 0.267. The van der Waals surface area contributed by atoms with E-state index in [1.165, 1.54) is 15.7 Å². The smallest absolute Gasteiger partial charge is 0.273 e. The fourth-order valence-electron chi connectivity index (χ4n) is 2.30. The zero-order valence-corrected chi connectivity index (χ0v) is 13.0. The van der Waals surface area contributed by atoms with Gasteiger partial charge in [0.25, 0.3) is 5.91 Å². The topological polar surface area (TPSA) is 70.7 Å². The van der Waals surface area contributed by atoms with Gasteiger partial charge in [-0.2, -0.15) is 5.10 Å². The van der Waals surface area contributed by atoms with Gasteiger partial charge in [-0.15, -0.1) is 11.3 Å². The number of rotatable bonds is 5. The molecule has 3 aromatic rings. The maximum Gasteiger partial charge on any atom is 0.273 e. The van der Waals surface area contributed by atoms with Crippen LogP contribution in [0.5, 0.6) is 0 Å². The summed E-state index contributed by atoms with van der Waals surface area (Å²) >= 11 is 1.65. The molecule has 0 saturated carbocycles. The summed E-state index contributed by atoms with van der Waals surface area (Å²) in [4.78, 5) is 20.8. The third-order valence-corrected chi connectivity index (χ3v) is 4.31. The predicted molar refractivity (Wildman–Crippen MR) is 83.9 cm³/mol. The van der Waals surface area contributed by atoms with Crippen molar-refractivity contribution < 1.29 is 9.90 Å². The lowest BCUT2D eigenvalue weighted by Gasteiger charge is -2.21. The molecule has 6 nitrogen and oxygen atoms in total. The van der Waals surface area contributed by atoms with E-state index in [2.05, 4.69) is 10.1 Å². The highest BCUT2D eigenvalue weighted by molar-refractivity contribution is 7.11. The van der Waals surface area contributed by atoms with E-state index in [-0.39, 0.29) is 19.1 Å². The molecule has 7 heteroatoms. The Morgan fingerprint density at radius 3 is 2.95 bits per heavy atom. The van der Waals surface area contributed by atoms with Gasteiger partial charge in [-0.05, 0) is 31.2 Å². The Labute approximate surface area is 131 Å². The first-order valence-corrected chi connectivity index (χ1v) is 7.75. The second-order valence-electron chi connectivity index (χ2n) is 4.90. The number of thiophene rings is 1. The number of aryl methyl sites for hydroxylation is 1. The second kappa shape index (κ2) is 6.25. The lowest BCUT2D eigenvalue weighted by atomic mass is 10.3. The molecule has 0 spiro atoms. The molecule has 0 atom stereocenters. The summed E-state index contributed by atoms with van der Waals surface area (Å²) in [6, 6.07) is 9.33. The predicted octanol–water partition coefficient (Wildman–Crippen LogP) is 1.73. The van der Waals surface area contributed by atoms with Gasteiger partial charge in [-0.1, -0.05) is 6.07 Å². The van der Waals surface area contributed by atoms with Crippen molar-refractivity contribution in [2.45, 2.75) is 13.5 Å². The standard InChI is InChI=1S/C15H16N4O2S/c1-11-5-6-12(22-11)9-18(7-8-20)15(21)13-3-2-4-14-16-10-17-19(13)14/h2-6,10,20H,7-9H2,1H3. The van der Waals surface area contributed by atoms with Crippen LogP contribution in [-0.2, 0) is 6.54 Å². The van der Waals surface area contributed by atoms with E-state index in [4.69, 9.17) is 0 Å². The first-order chi connectivity index (χ1) is 10.7. The Hall–Kier alpha value is -2.25. The molecule has 0 aromatic carbocycles. The van der Waals surface area contributed by atoms with E-state index in [1.807, 2.05) is 19.1 Å². The van der Waals surface area contributed by atoms with E-state index in [9.17, 15) is 9.90 Å². The Kier molecular flexibility index (Phi) is 4.17. The highest BCUT2D eigenvalue weighted by atomic mass is 32.1. The third-order valence-electron chi connectivity index (χ3n) is 3.32. The van der Waals surface area contributed by atoms with Crippen molar-refractivity contribution in [3.63, 3.8) is 0 Å². The molecule has 0 aliphatic heterocycles. The van der Waals surface area contributed by atoms with Gasteiger partial charge >= 0.3 is 0 Å². The van der Waals surface area contributed by atoms with Crippen LogP contribution in [0.2, 0.25) is 0 Å². The quantitative estimate of drug-likeness (QED) is 0.778. The molecule has 1 N–H and O–H groups in total. The first kappa shape index (κ1) is 14.7. The number of carbonyl (C=O) groups is 1. The molecule has 0 bridgehead atoms. The van der Waals surface area contributed by atoms with Gasteiger partial charge in [0, 0.05) is 16.3 Å². The lowest BCUT2D eigenvalue weighted by Crippen LogP contribution is -2.34. The van der Waals surface area contributed by atoms with E-state index in [0.29, 0.717) is 17.9 Å². The van der Waals surface area contributed by atoms with Crippen molar-refractivity contribution in [1.29, 1.82) is 0 Å². The lowest BCUT2D eigenvalue weighted by molar-refractivity contribution is 0.0701. The summed E-state index contributed by atoms with van der Waals surface area (Å²) in [6.45, 7) is 2.70. The Morgan fingerprint density at radius 1 is 1.36 bits per heavy atom. The number of nitrogens with zero attached hydrogens (tertiary/aromatic N) is 4. The van der Waals surface area contributed by atoms with Gasteiger partial charge in [0.05, 0.1) is 13.2 Å². The molecular formula is C15H16N4O2S. The Morgan fingerprint density at radius 2 is 2.23 bits per heavy atom. The van der Waals surface area contributed by atoms with Crippen LogP contribution in [0.1, 0.15) is 20.2 Å². The molecule has 22 heavy (non-hydrogen) atoms. The second-order valence-corrected chi connectivity index (χ2v) is 6.28. The minimum Gasteiger partial charge on any atom is -0.395 e. The average molecular weight is 316 g/mol. The van der Waals surface area contributed by atoms with Crippen LogP contribution >= 0.6 is 11.3 Å². The Balaban J connectivity index is 1.90. The van der Waals surface area contributed by atoms with Gasteiger partial charge in [0.1, 0.15) is 12.0 Å². The van der Waals surface area contributed by atoms with Crippen LogP contribution in [0.3, 0.4) is 0 Å². The van der Waals surface area contributed by atoms with Crippen LogP contribution in [0.15, 0.2) is 36.7 Å². The molecule has 0 fully saturated rings. The van der Waals surface area contributed by atoms with Crippen LogP contribution in [-0.4, -0.2) is 43.7 Å². The van der Waals surface area contributed by atoms with Gasteiger partial charge in [-0.3, -0.25) is 4.79 Å². The largest absolute Gasteiger partial charge is 0.395 e. The van der Waals surface area contributed by atoms with Gasteiger partial charge in [-0.25, -0.2) is 9.50 Å². The number of aromatic nitrogens is 3. The highest BCUT2D eigenvalue weighted by Gasteiger charge is 2.19. The number of pyridine rings is 1. The molecule has 0 aliphatic carbocycles. The maximum atomic E-state index is 12.8. The van der Waals surface area contributed by atoms with E-state index in [1.54, 1.807) is 34.4 Å². The third kappa shape index (κ3) is 2.86. The monoisotopic (exact) mass is 316 g/mol. The molecule has 3 heterocycles. The number of hydrogen-bond donors (Lipinski definition) is 1. The number of aliphatic hydroxyl groups excluding tert-OH is 1. The molecule has 3 rings (SSSR count). The van der Waals surface area contributed by atoms with E-state index < -0.39 is 0 Å². The number of hydrogen-bond acceptors (Lipinski definition) is 5. The van der Waals surface area contributed by atoms with Crippen LogP contribution in [0.25, 0.3) is 5.65 Å². The zero-order chi connectivity index (χ0) is 15.5. The van der Waals surface area contributed by atoms with Gasteiger partial charge in [0.15, 0.2) is 5.65 Å².